The highest BCUT2D eigenvalue weighted by Crippen LogP contribution is 2.31. The largest absolute Gasteiger partial charge is 0.383 e. The zero-order valence-corrected chi connectivity index (χ0v) is 17.5. The lowest BCUT2D eigenvalue weighted by Crippen LogP contribution is -2.48. The summed E-state index contributed by atoms with van der Waals surface area (Å²) in [4.78, 5) is 4.52. The molecule has 2 aromatic carbocycles. The van der Waals surface area contributed by atoms with Crippen LogP contribution in [-0.2, 0) is 11.3 Å². The van der Waals surface area contributed by atoms with Gasteiger partial charge in [-0.1, -0.05) is 35.9 Å². The lowest BCUT2D eigenvalue weighted by atomic mass is 10.0. The number of hydrogen-bond acceptors (Lipinski definition) is 6. The number of rotatable bonds is 7. The molecule has 30 heavy (non-hydrogen) atoms. The first-order valence-corrected chi connectivity index (χ1v) is 10.3. The third-order valence-electron chi connectivity index (χ3n) is 5.36. The second-order valence-electron chi connectivity index (χ2n) is 7.18. The zero-order valence-electron chi connectivity index (χ0n) is 16.8. The molecule has 1 aromatic heterocycles. The Kier molecular flexibility index (Phi) is 6.56. The Morgan fingerprint density at radius 3 is 2.63 bits per heavy atom. The Hall–Kier alpha value is -2.55. The molecule has 0 amide bonds. The molecule has 158 valence electrons. The lowest BCUT2D eigenvalue weighted by Gasteiger charge is -2.40. The van der Waals surface area contributed by atoms with Gasteiger partial charge in [-0.2, -0.15) is 0 Å². The molecule has 0 N–H and O–H groups in total. The smallest absolute Gasteiger partial charge is 0.173 e. The molecule has 7 nitrogen and oxygen atoms in total. The fraction of sp³-hybridized carbons (Fsp3) is 0.381. The molecule has 3 aromatic rings. The average Bonchev–Trinajstić information content (AvgIpc) is 3.22. The van der Waals surface area contributed by atoms with Crippen LogP contribution < -0.4 is 4.90 Å². The Morgan fingerprint density at radius 1 is 1.10 bits per heavy atom. The van der Waals surface area contributed by atoms with Crippen LogP contribution in [0, 0.1) is 5.82 Å². The normalized spacial score (nSPS) is 16.0. The Morgan fingerprint density at radius 2 is 1.90 bits per heavy atom. The molecule has 4 rings (SSSR count). The van der Waals surface area contributed by atoms with Crippen molar-refractivity contribution in [2.45, 2.75) is 12.6 Å². The van der Waals surface area contributed by atoms with E-state index in [1.165, 1.54) is 6.07 Å². The number of nitrogens with zero attached hydrogens (tertiary/aromatic N) is 6. The van der Waals surface area contributed by atoms with Gasteiger partial charge in [0.05, 0.1) is 13.2 Å². The number of hydrogen-bond donors (Lipinski definition) is 0. The van der Waals surface area contributed by atoms with Crippen molar-refractivity contribution in [2.24, 2.45) is 0 Å². The standard InChI is InChI=1S/C21H24ClFN6O/c1-30-14-13-29-21(24-25-26-29)20(18-7-2-3-8-19(18)23)28-11-9-27(10-12-28)17-6-4-5-16(22)15-17/h2-8,15,20H,9-14H2,1H3. The molecule has 0 aliphatic carbocycles. The van der Waals surface area contributed by atoms with E-state index in [2.05, 4.69) is 31.4 Å². The molecule has 1 aliphatic heterocycles. The second kappa shape index (κ2) is 9.51. The van der Waals surface area contributed by atoms with Crippen molar-refractivity contribution in [3.8, 4) is 0 Å². The molecule has 0 spiro atoms. The molecule has 1 unspecified atom stereocenters. The average molecular weight is 431 g/mol. The van der Waals surface area contributed by atoms with Crippen LogP contribution in [0.3, 0.4) is 0 Å². The molecule has 0 bridgehead atoms. The van der Waals surface area contributed by atoms with Gasteiger partial charge >= 0.3 is 0 Å². The summed E-state index contributed by atoms with van der Waals surface area (Å²) in [5, 5.41) is 12.9. The highest BCUT2D eigenvalue weighted by atomic mass is 35.5. The number of benzene rings is 2. The number of piperazine rings is 1. The van der Waals surface area contributed by atoms with Crippen LogP contribution in [-0.4, -0.2) is 65.0 Å². The van der Waals surface area contributed by atoms with Crippen molar-refractivity contribution in [1.29, 1.82) is 0 Å². The maximum atomic E-state index is 14.8. The van der Waals surface area contributed by atoms with E-state index < -0.39 is 0 Å². The third-order valence-corrected chi connectivity index (χ3v) is 5.60. The van der Waals surface area contributed by atoms with Gasteiger partial charge in [0.15, 0.2) is 5.82 Å². The van der Waals surface area contributed by atoms with E-state index in [0.29, 0.717) is 24.5 Å². The van der Waals surface area contributed by atoms with Crippen LogP contribution in [0.1, 0.15) is 17.4 Å². The monoisotopic (exact) mass is 430 g/mol. The summed E-state index contributed by atoms with van der Waals surface area (Å²) in [6.07, 6.45) is 0. The summed E-state index contributed by atoms with van der Waals surface area (Å²) in [5.74, 6) is 0.356. The topological polar surface area (TPSA) is 59.3 Å². The quantitative estimate of drug-likeness (QED) is 0.574. The van der Waals surface area contributed by atoms with Crippen molar-refractivity contribution in [2.75, 3.05) is 44.8 Å². The molecular weight excluding hydrogens is 407 g/mol. The van der Waals surface area contributed by atoms with Gasteiger partial charge in [-0.15, -0.1) is 5.10 Å². The molecule has 1 saturated heterocycles. The Labute approximate surface area is 180 Å². The molecular formula is C21H24ClFN6O. The molecule has 1 fully saturated rings. The van der Waals surface area contributed by atoms with Crippen LogP contribution in [0.15, 0.2) is 48.5 Å². The number of tetrazole rings is 1. The molecule has 1 aliphatic rings. The van der Waals surface area contributed by atoms with Gasteiger partial charge in [-0.25, -0.2) is 9.07 Å². The van der Waals surface area contributed by atoms with E-state index in [-0.39, 0.29) is 11.9 Å². The predicted octanol–water partition coefficient (Wildman–Crippen LogP) is 3.02. The highest BCUT2D eigenvalue weighted by molar-refractivity contribution is 6.30. The van der Waals surface area contributed by atoms with Crippen molar-refractivity contribution in [3.63, 3.8) is 0 Å². The Bertz CT molecular complexity index is 975. The Balaban J connectivity index is 1.60. The third kappa shape index (κ3) is 4.45. The van der Waals surface area contributed by atoms with E-state index in [1.54, 1.807) is 23.9 Å². The van der Waals surface area contributed by atoms with E-state index in [9.17, 15) is 4.39 Å². The fourth-order valence-corrected chi connectivity index (χ4v) is 4.04. The SMILES string of the molecule is COCCn1nnnc1C(c1ccccc1F)N1CCN(c2cccc(Cl)c2)CC1. The number of halogens is 2. The molecule has 1 atom stereocenters. The van der Waals surface area contributed by atoms with Gasteiger partial charge in [0.2, 0.25) is 0 Å². The van der Waals surface area contributed by atoms with Gasteiger partial charge in [0.1, 0.15) is 11.9 Å². The summed E-state index contributed by atoms with van der Waals surface area (Å²) in [6, 6.07) is 14.3. The zero-order chi connectivity index (χ0) is 20.9. The van der Waals surface area contributed by atoms with Gasteiger partial charge in [0.25, 0.3) is 0 Å². The molecule has 0 radical (unpaired) electrons. The summed E-state index contributed by atoms with van der Waals surface area (Å²) in [5.41, 5.74) is 1.66. The van der Waals surface area contributed by atoms with Gasteiger partial charge in [-0.3, -0.25) is 4.90 Å². The van der Waals surface area contributed by atoms with E-state index in [1.807, 2.05) is 24.3 Å². The molecule has 2 heterocycles. The van der Waals surface area contributed by atoms with Crippen LogP contribution >= 0.6 is 11.6 Å². The first-order valence-electron chi connectivity index (χ1n) is 9.91. The number of ether oxygens (including phenoxy) is 1. The van der Waals surface area contributed by atoms with Crippen LogP contribution in [0.25, 0.3) is 0 Å². The first kappa shape index (κ1) is 20.7. The van der Waals surface area contributed by atoms with Crippen LogP contribution in [0.5, 0.6) is 0 Å². The predicted molar refractivity (Wildman–Crippen MR) is 113 cm³/mol. The minimum atomic E-state index is -0.375. The summed E-state index contributed by atoms with van der Waals surface area (Å²) >= 11 is 6.15. The van der Waals surface area contributed by atoms with Crippen molar-refractivity contribution in [3.05, 3.63) is 70.8 Å². The summed E-state index contributed by atoms with van der Waals surface area (Å²) < 4.78 is 21.7. The maximum absolute atomic E-state index is 14.8. The van der Waals surface area contributed by atoms with Gasteiger partial charge in [0, 0.05) is 49.6 Å². The number of methoxy groups -OCH3 is 1. The van der Waals surface area contributed by atoms with E-state index in [4.69, 9.17) is 16.3 Å². The van der Waals surface area contributed by atoms with Gasteiger partial charge < -0.3 is 9.64 Å². The van der Waals surface area contributed by atoms with Crippen LogP contribution in [0.4, 0.5) is 10.1 Å². The van der Waals surface area contributed by atoms with E-state index in [0.717, 1.165) is 36.9 Å². The minimum absolute atomic E-state index is 0.263. The summed E-state index contributed by atoms with van der Waals surface area (Å²) in [6.45, 7) is 4.05. The molecule has 9 heteroatoms. The van der Waals surface area contributed by atoms with Crippen molar-refractivity contribution in [1.82, 2.24) is 25.1 Å². The fourth-order valence-electron chi connectivity index (χ4n) is 3.85. The first-order chi connectivity index (χ1) is 14.7. The van der Waals surface area contributed by atoms with Gasteiger partial charge in [-0.05, 0) is 34.7 Å². The minimum Gasteiger partial charge on any atom is -0.383 e. The lowest BCUT2D eigenvalue weighted by molar-refractivity contribution is 0.171. The van der Waals surface area contributed by atoms with Crippen molar-refractivity contribution >= 4 is 17.3 Å². The summed E-state index contributed by atoms with van der Waals surface area (Å²) in [7, 11) is 1.63. The maximum Gasteiger partial charge on any atom is 0.173 e. The van der Waals surface area contributed by atoms with E-state index >= 15 is 0 Å². The highest BCUT2D eigenvalue weighted by Gasteiger charge is 2.32. The van der Waals surface area contributed by atoms with Crippen molar-refractivity contribution < 1.29 is 9.13 Å². The number of aromatic nitrogens is 4. The number of anilines is 1. The second-order valence-corrected chi connectivity index (χ2v) is 7.62. The van der Waals surface area contributed by atoms with Crippen LogP contribution in [0.2, 0.25) is 5.02 Å². The molecule has 0 saturated carbocycles.